The summed E-state index contributed by atoms with van der Waals surface area (Å²) in [7, 11) is 1.56. The van der Waals surface area contributed by atoms with Crippen LogP contribution in [0.1, 0.15) is 12.5 Å². The Balaban J connectivity index is 1.19. The summed E-state index contributed by atoms with van der Waals surface area (Å²) in [6, 6.07) is 17.9. The molecule has 2 N–H and O–H groups in total. The van der Waals surface area contributed by atoms with Gasteiger partial charge in [0.15, 0.2) is 34.2 Å². The summed E-state index contributed by atoms with van der Waals surface area (Å²) in [6.07, 6.45) is 3.17. The molecular weight excluding hydrogens is 593 g/mol. The smallest absolute Gasteiger partial charge is 0.255 e. The molecule has 1 fully saturated rings. The Morgan fingerprint density at radius 3 is 2.54 bits per heavy atom. The highest BCUT2D eigenvalue weighted by molar-refractivity contribution is 5.94. The number of aromatic nitrogens is 6. The zero-order valence-corrected chi connectivity index (χ0v) is 25.3. The second-order valence-electron chi connectivity index (χ2n) is 11.1. The number of halogens is 1. The molecule has 6 aromatic rings. The van der Waals surface area contributed by atoms with Crippen LogP contribution in [0, 0.1) is 5.82 Å². The highest BCUT2D eigenvalue weighted by Crippen LogP contribution is 2.34. The second-order valence-corrected chi connectivity index (χ2v) is 11.1. The van der Waals surface area contributed by atoms with Crippen molar-refractivity contribution < 1.29 is 23.1 Å². The molecule has 1 aliphatic heterocycles. The zero-order chi connectivity index (χ0) is 31.8. The van der Waals surface area contributed by atoms with E-state index in [0.717, 1.165) is 11.3 Å². The molecule has 46 heavy (non-hydrogen) atoms. The van der Waals surface area contributed by atoms with Crippen LogP contribution in [-0.4, -0.2) is 86.7 Å². The van der Waals surface area contributed by atoms with Crippen LogP contribution in [0.15, 0.2) is 77.5 Å². The lowest BCUT2D eigenvalue weighted by Crippen LogP contribution is -2.56. The molecule has 2 aromatic carbocycles. The van der Waals surface area contributed by atoms with E-state index in [-0.39, 0.29) is 24.2 Å². The van der Waals surface area contributed by atoms with E-state index < -0.39 is 11.4 Å². The molecule has 1 aliphatic rings. The van der Waals surface area contributed by atoms with E-state index in [2.05, 4.69) is 20.0 Å². The summed E-state index contributed by atoms with van der Waals surface area (Å²) < 4.78 is 33.7. The highest BCUT2D eigenvalue weighted by atomic mass is 19.1. The van der Waals surface area contributed by atoms with Gasteiger partial charge in [-0.1, -0.05) is 30.3 Å². The molecule has 5 heterocycles. The molecule has 1 atom stereocenters. The molecule has 0 spiro atoms. The standard InChI is InChI=1S/C32H32FN9O4/c1-32(21-7-4-3-5-8-21,30(43)40-14-12-39(13-15-40)22-10-11-25(24(33)19-22)46-18-17-44-2)42-29-23(20-35-42)28-36-27(26-9-6-16-45-26)38-41(28)31(34)37-29/h3-11,16,19-20H,12-15,17-18H2,1-2H3,(H2,34,37)/t32-/m0/s1. The van der Waals surface area contributed by atoms with E-state index in [1.165, 1.54) is 10.6 Å². The number of rotatable bonds is 9. The maximum atomic E-state index is 14.8. The van der Waals surface area contributed by atoms with Crippen molar-refractivity contribution in [1.82, 2.24) is 34.3 Å². The minimum atomic E-state index is -1.28. The quantitative estimate of drug-likeness (QED) is 0.237. The van der Waals surface area contributed by atoms with Gasteiger partial charge < -0.3 is 29.4 Å². The lowest BCUT2D eigenvalue weighted by atomic mass is 9.90. The molecule has 0 radical (unpaired) electrons. The first kappa shape index (κ1) is 29.2. The summed E-state index contributed by atoms with van der Waals surface area (Å²) in [4.78, 5) is 27.8. The molecule has 236 valence electrons. The Morgan fingerprint density at radius 1 is 1.02 bits per heavy atom. The SMILES string of the molecule is COCCOc1ccc(N2CCN(C(=O)[C@](C)(c3ccccc3)n3ncc4c3nc(N)n3nc(-c5ccco5)nc43)CC2)cc1F. The molecule has 0 bridgehead atoms. The van der Waals surface area contributed by atoms with Crippen LogP contribution in [0.25, 0.3) is 28.3 Å². The number of hydrogen-bond acceptors (Lipinski definition) is 10. The Hall–Kier alpha value is -5.50. The van der Waals surface area contributed by atoms with Crippen molar-refractivity contribution in [3.63, 3.8) is 0 Å². The van der Waals surface area contributed by atoms with Gasteiger partial charge in [-0.25, -0.2) is 14.1 Å². The first-order chi connectivity index (χ1) is 22.4. The van der Waals surface area contributed by atoms with Gasteiger partial charge in [-0.2, -0.15) is 14.6 Å². The molecule has 4 aromatic heterocycles. The number of carbonyl (C=O) groups excluding carboxylic acids is 1. The van der Waals surface area contributed by atoms with E-state index in [1.807, 2.05) is 48.2 Å². The third-order valence-corrected chi connectivity index (χ3v) is 8.34. The molecule has 7 rings (SSSR count). The number of piperazine rings is 1. The number of anilines is 2. The monoisotopic (exact) mass is 625 g/mol. The van der Waals surface area contributed by atoms with Crippen molar-refractivity contribution >= 4 is 34.2 Å². The van der Waals surface area contributed by atoms with Crippen LogP contribution in [0.4, 0.5) is 16.0 Å². The highest BCUT2D eigenvalue weighted by Gasteiger charge is 2.43. The molecule has 0 aliphatic carbocycles. The molecular formula is C32H32FN9O4. The average molecular weight is 626 g/mol. The van der Waals surface area contributed by atoms with E-state index in [0.29, 0.717) is 61.1 Å². The minimum absolute atomic E-state index is 0.0911. The topological polar surface area (TPSA) is 142 Å². The summed E-state index contributed by atoms with van der Waals surface area (Å²) in [6.45, 7) is 4.34. The largest absolute Gasteiger partial charge is 0.488 e. The molecule has 14 heteroatoms. The van der Waals surface area contributed by atoms with Gasteiger partial charge in [0.05, 0.1) is 24.5 Å². The number of hydrogen-bond donors (Lipinski definition) is 1. The summed E-state index contributed by atoms with van der Waals surface area (Å²) in [5.74, 6) is 0.504. The number of fused-ring (bicyclic) bond motifs is 3. The van der Waals surface area contributed by atoms with Gasteiger partial charge in [0.2, 0.25) is 11.8 Å². The molecule has 13 nitrogen and oxygen atoms in total. The predicted molar refractivity (Wildman–Crippen MR) is 168 cm³/mol. The van der Waals surface area contributed by atoms with Gasteiger partial charge in [0.25, 0.3) is 5.91 Å². The maximum absolute atomic E-state index is 14.8. The first-order valence-corrected chi connectivity index (χ1v) is 14.8. The third kappa shape index (κ3) is 4.96. The summed E-state index contributed by atoms with van der Waals surface area (Å²) in [5.41, 5.74) is 7.39. The Labute approximate surface area is 262 Å². The summed E-state index contributed by atoms with van der Waals surface area (Å²) in [5, 5.41) is 9.76. The van der Waals surface area contributed by atoms with Gasteiger partial charge >= 0.3 is 0 Å². The van der Waals surface area contributed by atoms with Crippen molar-refractivity contribution in [2.45, 2.75) is 12.5 Å². The summed E-state index contributed by atoms with van der Waals surface area (Å²) >= 11 is 0. The van der Waals surface area contributed by atoms with Crippen molar-refractivity contribution in [2.24, 2.45) is 0 Å². The van der Waals surface area contributed by atoms with Gasteiger partial charge in [-0.15, -0.1) is 5.10 Å². The van der Waals surface area contributed by atoms with Crippen LogP contribution < -0.4 is 15.4 Å². The van der Waals surface area contributed by atoms with Crippen molar-refractivity contribution in [2.75, 3.05) is 57.1 Å². The Kier molecular flexibility index (Phi) is 7.48. The third-order valence-electron chi connectivity index (χ3n) is 8.34. The van der Waals surface area contributed by atoms with Crippen LogP contribution in [-0.2, 0) is 15.1 Å². The van der Waals surface area contributed by atoms with Crippen LogP contribution in [0.3, 0.4) is 0 Å². The fraction of sp³-hybridized carbons (Fsp3) is 0.281. The number of methoxy groups -OCH3 is 1. The van der Waals surface area contributed by atoms with E-state index in [4.69, 9.17) is 24.7 Å². The number of ether oxygens (including phenoxy) is 2. The predicted octanol–water partition coefficient (Wildman–Crippen LogP) is 3.59. The van der Waals surface area contributed by atoms with Gasteiger partial charge in [0, 0.05) is 45.0 Å². The number of nitrogens with zero attached hydrogens (tertiary/aromatic N) is 8. The van der Waals surface area contributed by atoms with Crippen LogP contribution >= 0.6 is 0 Å². The van der Waals surface area contributed by atoms with Crippen molar-refractivity contribution in [3.8, 4) is 17.3 Å². The minimum Gasteiger partial charge on any atom is -0.488 e. The van der Waals surface area contributed by atoms with E-state index in [1.54, 1.807) is 42.5 Å². The zero-order valence-electron chi connectivity index (χ0n) is 25.3. The van der Waals surface area contributed by atoms with Crippen molar-refractivity contribution in [1.29, 1.82) is 0 Å². The van der Waals surface area contributed by atoms with Gasteiger partial charge in [0.1, 0.15) is 6.61 Å². The number of furan rings is 1. The first-order valence-electron chi connectivity index (χ1n) is 14.8. The number of nitrogen functional groups attached to an aromatic ring is 1. The lowest BCUT2D eigenvalue weighted by molar-refractivity contribution is -0.138. The maximum Gasteiger partial charge on any atom is 0.255 e. The fourth-order valence-electron chi connectivity index (χ4n) is 5.86. The van der Waals surface area contributed by atoms with Gasteiger partial charge in [-0.3, -0.25) is 4.79 Å². The number of nitrogens with two attached hydrogens (primary N) is 1. The van der Waals surface area contributed by atoms with Crippen LogP contribution in [0.2, 0.25) is 0 Å². The second kappa shape index (κ2) is 11.8. The number of carbonyl (C=O) groups is 1. The molecule has 1 amide bonds. The van der Waals surface area contributed by atoms with Crippen LogP contribution in [0.5, 0.6) is 5.75 Å². The molecule has 0 unspecified atom stereocenters. The van der Waals surface area contributed by atoms with Gasteiger partial charge in [-0.05, 0) is 36.8 Å². The number of benzene rings is 2. The Bertz CT molecular complexity index is 2000. The Morgan fingerprint density at radius 2 is 1.83 bits per heavy atom. The fourth-order valence-corrected chi connectivity index (χ4v) is 5.86. The molecule has 0 saturated carbocycles. The normalized spacial score (nSPS) is 15.0. The van der Waals surface area contributed by atoms with Crippen molar-refractivity contribution in [3.05, 3.63) is 84.5 Å². The average Bonchev–Trinajstić information content (AvgIpc) is 3.86. The molecule has 1 saturated heterocycles. The number of amides is 1. The lowest BCUT2D eigenvalue weighted by Gasteiger charge is -2.40. The van der Waals surface area contributed by atoms with E-state index >= 15 is 0 Å². The van der Waals surface area contributed by atoms with E-state index in [9.17, 15) is 9.18 Å².